The molecule has 0 bridgehead atoms. The predicted octanol–water partition coefficient (Wildman–Crippen LogP) is 2.27. The van der Waals surface area contributed by atoms with Gasteiger partial charge in [-0.3, -0.25) is 4.39 Å². The molecule has 1 fully saturated rings. The van der Waals surface area contributed by atoms with Crippen LogP contribution in [0.3, 0.4) is 0 Å². The molecule has 1 nitrogen and oxygen atoms in total. The third-order valence-corrected chi connectivity index (χ3v) is 2.77. The van der Waals surface area contributed by atoms with Crippen LogP contribution in [0.4, 0.5) is 4.39 Å². The molecule has 0 amide bonds. The van der Waals surface area contributed by atoms with E-state index in [4.69, 9.17) is 0 Å². The van der Waals surface area contributed by atoms with Gasteiger partial charge < -0.3 is 5.11 Å². The Morgan fingerprint density at radius 3 is 2.21 bits per heavy atom. The third-order valence-electron chi connectivity index (χ3n) is 2.77. The molecule has 2 rings (SSSR count). The Labute approximate surface area is 83.6 Å². The molecular formula is C12H15FO. The van der Waals surface area contributed by atoms with Crippen LogP contribution in [0.5, 0.6) is 0 Å². The van der Waals surface area contributed by atoms with E-state index in [0.717, 1.165) is 30.4 Å². The largest absolute Gasteiger partial charge is 0.390 e. The highest BCUT2D eigenvalue weighted by Crippen LogP contribution is 2.38. The van der Waals surface area contributed by atoms with E-state index in [-0.39, 0.29) is 6.67 Å². The van der Waals surface area contributed by atoms with Crippen molar-refractivity contribution in [3.8, 4) is 0 Å². The number of benzene rings is 1. The minimum atomic E-state index is -0.429. The van der Waals surface area contributed by atoms with Crippen molar-refractivity contribution in [3.63, 3.8) is 0 Å². The van der Waals surface area contributed by atoms with Gasteiger partial charge >= 0.3 is 0 Å². The van der Waals surface area contributed by atoms with Gasteiger partial charge in [0.2, 0.25) is 0 Å². The Hall–Kier alpha value is -0.890. The second-order valence-corrected chi connectivity index (χ2v) is 4.16. The van der Waals surface area contributed by atoms with Crippen LogP contribution in [-0.4, -0.2) is 17.4 Å². The van der Waals surface area contributed by atoms with Gasteiger partial charge in [-0.05, 0) is 24.0 Å². The Kier molecular flexibility index (Phi) is 2.55. The zero-order valence-electron chi connectivity index (χ0n) is 8.17. The smallest absolute Gasteiger partial charge is 0.0934 e. The van der Waals surface area contributed by atoms with Crippen LogP contribution in [0.1, 0.15) is 24.0 Å². The molecule has 0 radical (unpaired) electrons. The molecule has 1 aromatic rings. The van der Waals surface area contributed by atoms with E-state index in [9.17, 15) is 9.50 Å². The SMILES string of the molecule is OC1(Cc2ccc(CCF)cc2)CC1. The lowest BCUT2D eigenvalue weighted by molar-refractivity contribution is 0.151. The number of hydrogen-bond acceptors (Lipinski definition) is 1. The lowest BCUT2D eigenvalue weighted by Gasteiger charge is -2.07. The first-order valence-electron chi connectivity index (χ1n) is 5.08. The van der Waals surface area contributed by atoms with Gasteiger partial charge in [0, 0.05) is 12.8 Å². The summed E-state index contributed by atoms with van der Waals surface area (Å²) in [7, 11) is 0. The average Bonchev–Trinajstić information content (AvgIpc) is 2.88. The molecule has 1 aliphatic rings. The van der Waals surface area contributed by atoms with Crippen molar-refractivity contribution in [1.29, 1.82) is 0 Å². The molecule has 2 heteroatoms. The quantitative estimate of drug-likeness (QED) is 0.779. The third kappa shape index (κ3) is 2.32. The molecule has 14 heavy (non-hydrogen) atoms. The van der Waals surface area contributed by atoms with Crippen LogP contribution >= 0.6 is 0 Å². The first-order chi connectivity index (χ1) is 6.72. The Balaban J connectivity index is 1.99. The molecule has 1 aromatic carbocycles. The second-order valence-electron chi connectivity index (χ2n) is 4.16. The maximum absolute atomic E-state index is 12.0. The normalized spacial score (nSPS) is 18.1. The van der Waals surface area contributed by atoms with Crippen molar-refractivity contribution in [1.82, 2.24) is 0 Å². The van der Waals surface area contributed by atoms with E-state index in [1.54, 1.807) is 0 Å². The molecule has 0 spiro atoms. The van der Waals surface area contributed by atoms with Crippen LogP contribution < -0.4 is 0 Å². The number of aryl methyl sites for hydroxylation is 1. The minimum absolute atomic E-state index is 0.302. The fraction of sp³-hybridized carbons (Fsp3) is 0.500. The lowest BCUT2D eigenvalue weighted by Crippen LogP contribution is -2.10. The zero-order chi connectivity index (χ0) is 10.0. The summed E-state index contributed by atoms with van der Waals surface area (Å²) in [6.45, 7) is -0.302. The highest BCUT2D eigenvalue weighted by Gasteiger charge is 2.39. The topological polar surface area (TPSA) is 20.2 Å². The predicted molar refractivity (Wildman–Crippen MR) is 54.0 cm³/mol. The standard InChI is InChI=1S/C12H15FO/c13-8-5-10-1-3-11(4-2-10)9-12(14)6-7-12/h1-4,14H,5-9H2. The minimum Gasteiger partial charge on any atom is -0.390 e. The molecule has 0 atom stereocenters. The molecule has 0 saturated heterocycles. The van der Waals surface area contributed by atoms with Crippen molar-refractivity contribution in [3.05, 3.63) is 35.4 Å². The van der Waals surface area contributed by atoms with Gasteiger partial charge in [-0.25, -0.2) is 0 Å². The van der Waals surface area contributed by atoms with Crippen molar-refractivity contribution in [2.24, 2.45) is 0 Å². The van der Waals surface area contributed by atoms with Crippen LogP contribution in [0.2, 0.25) is 0 Å². The van der Waals surface area contributed by atoms with E-state index in [1.165, 1.54) is 0 Å². The summed E-state index contributed by atoms with van der Waals surface area (Å²) in [5, 5.41) is 9.69. The van der Waals surface area contributed by atoms with E-state index in [1.807, 2.05) is 24.3 Å². The Morgan fingerprint density at radius 1 is 1.14 bits per heavy atom. The monoisotopic (exact) mass is 194 g/mol. The van der Waals surface area contributed by atoms with Gasteiger partial charge in [0.05, 0.1) is 12.3 Å². The number of halogens is 1. The van der Waals surface area contributed by atoms with Gasteiger partial charge in [0.15, 0.2) is 0 Å². The maximum atomic E-state index is 12.0. The first-order valence-corrected chi connectivity index (χ1v) is 5.08. The van der Waals surface area contributed by atoms with E-state index < -0.39 is 5.60 Å². The number of hydrogen-bond donors (Lipinski definition) is 1. The van der Waals surface area contributed by atoms with Gasteiger partial charge in [0.1, 0.15) is 0 Å². The lowest BCUT2D eigenvalue weighted by atomic mass is 10.0. The summed E-state index contributed by atoms with van der Waals surface area (Å²) in [4.78, 5) is 0. The molecule has 1 saturated carbocycles. The summed E-state index contributed by atoms with van der Waals surface area (Å²) in [5.74, 6) is 0. The van der Waals surface area contributed by atoms with Crippen LogP contribution in [-0.2, 0) is 12.8 Å². The summed E-state index contributed by atoms with van der Waals surface area (Å²) in [5.41, 5.74) is 1.74. The highest BCUT2D eigenvalue weighted by atomic mass is 19.1. The summed E-state index contributed by atoms with van der Waals surface area (Å²) in [6.07, 6.45) is 3.06. The number of rotatable bonds is 4. The fourth-order valence-electron chi connectivity index (χ4n) is 1.63. The van der Waals surface area contributed by atoms with E-state index in [0.29, 0.717) is 6.42 Å². The van der Waals surface area contributed by atoms with Crippen molar-refractivity contribution >= 4 is 0 Å². The second kappa shape index (κ2) is 3.70. The van der Waals surface area contributed by atoms with E-state index >= 15 is 0 Å². The van der Waals surface area contributed by atoms with E-state index in [2.05, 4.69) is 0 Å². The number of aliphatic hydroxyl groups is 1. The molecule has 0 aliphatic heterocycles. The summed E-state index contributed by atoms with van der Waals surface area (Å²) < 4.78 is 12.0. The fourth-order valence-corrected chi connectivity index (χ4v) is 1.63. The van der Waals surface area contributed by atoms with Gasteiger partial charge in [-0.15, -0.1) is 0 Å². The van der Waals surface area contributed by atoms with Gasteiger partial charge in [-0.2, -0.15) is 0 Å². The molecule has 1 aliphatic carbocycles. The average molecular weight is 194 g/mol. The zero-order valence-corrected chi connectivity index (χ0v) is 8.17. The maximum Gasteiger partial charge on any atom is 0.0934 e. The number of alkyl halides is 1. The molecule has 0 unspecified atom stereocenters. The molecular weight excluding hydrogens is 179 g/mol. The van der Waals surface area contributed by atoms with Crippen LogP contribution in [0, 0.1) is 0 Å². The van der Waals surface area contributed by atoms with Gasteiger partial charge in [-0.1, -0.05) is 24.3 Å². The Bertz CT molecular complexity index is 301. The van der Waals surface area contributed by atoms with Crippen molar-refractivity contribution in [2.45, 2.75) is 31.3 Å². The molecule has 76 valence electrons. The van der Waals surface area contributed by atoms with Crippen LogP contribution in [0.25, 0.3) is 0 Å². The molecule has 0 aromatic heterocycles. The Morgan fingerprint density at radius 2 is 1.71 bits per heavy atom. The van der Waals surface area contributed by atoms with Gasteiger partial charge in [0.25, 0.3) is 0 Å². The van der Waals surface area contributed by atoms with Crippen molar-refractivity contribution in [2.75, 3.05) is 6.67 Å². The molecule has 1 N–H and O–H groups in total. The first kappa shape index (κ1) is 9.66. The summed E-state index contributed by atoms with van der Waals surface area (Å²) in [6, 6.07) is 7.86. The van der Waals surface area contributed by atoms with Crippen LogP contribution in [0.15, 0.2) is 24.3 Å². The summed E-state index contributed by atoms with van der Waals surface area (Å²) >= 11 is 0. The molecule has 0 heterocycles. The highest BCUT2D eigenvalue weighted by molar-refractivity contribution is 5.25. The van der Waals surface area contributed by atoms with Crippen molar-refractivity contribution < 1.29 is 9.50 Å².